The molecule has 1 heterocycles. The quantitative estimate of drug-likeness (QED) is 0.172. The zero-order chi connectivity index (χ0) is 58.4. The summed E-state index contributed by atoms with van der Waals surface area (Å²) in [4.78, 5) is 0. The van der Waals surface area contributed by atoms with Crippen LogP contribution in [0.2, 0.25) is 0 Å². The van der Waals surface area contributed by atoms with E-state index in [1.165, 1.54) is 0 Å². The van der Waals surface area contributed by atoms with E-state index in [4.69, 9.17) is 33.2 Å². The molecule has 0 N–H and O–H groups in total. The molecule has 1 nitrogen and oxygen atoms in total. The van der Waals surface area contributed by atoms with Crippen molar-refractivity contribution >= 4 is 54.3 Å². The van der Waals surface area contributed by atoms with Crippen molar-refractivity contribution in [3.05, 3.63) is 181 Å². The van der Waals surface area contributed by atoms with Crippen molar-refractivity contribution in [1.29, 1.82) is 0 Å². The highest BCUT2D eigenvalue weighted by molar-refractivity contribution is 6.25. The molecule has 1 aromatic heterocycles. The zero-order valence-electron chi connectivity index (χ0n) is 54.4. The van der Waals surface area contributed by atoms with Gasteiger partial charge >= 0.3 is 0 Å². The molecule has 49 heavy (non-hydrogen) atoms. The van der Waals surface area contributed by atoms with Gasteiger partial charge in [0.1, 0.15) is 11.2 Å². The van der Waals surface area contributed by atoms with E-state index in [1.807, 2.05) is 0 Å². The predicted molar refractivity (Wildman–Crippen MR) is 208 cm³/mol. The van der Waals surface area contributed by atoms with Gasteiger partial charge in [-0.15, -0.1) is 0 Å². The Morgan fingerprint density at radius 3 is 1.67 bits per heavy atom. The number of hydrogen-bond acceptors (Lipinski definition) is 1. The van der Waals surface area contributed by atoms with Crippen molar-refractivity contribution in [3.63, 3.8) is 0 Å². The van der Waals surface area contributed by atoms with Crippen LogP contribution in [0.25, 0.3) is 98.8 Å². The lowest BCUT2D eigenvalue weighted by atomic mass is 9.84. The molecule has 0 unspecified atom stereocenters. The molecule has 228 valence electrons. The first-order valence-electron chi connectivity index (χ1n) is 29.4. The maximum absolute atomic E-state index is 9.85. The fraction of sp³-hybridized carbons (Fsp3) is 0. The average molecular weight is 653 g/mol. The first-order chi connectivity index (χ1) is 36.8. The molecule has 10 rings (SSSR count). The third-order valence-electron chi connectivity index (χ3n) is 7.82. The lowest BCUT2D eigenvalue weighted by Gasteiger charge is -2.18. The number of furan rings is 1. The fourth-order valence-electron chi connectivity index (χ4n) is 5.77. The highest BCUT2D eigenvalue weighted by atomic mass is 16.3. The fourth-order valence-corrected chi connectivity index (χ4v) is 5.77. The van der Waals surface area contributed by atoms with Crippen LogP contribution in [0.4, 0.5) is 0 Å². The molecule has 0 saturated heterocycles. The summed E-state index contributed by atoms with van der Waals surface area (Å²) in [6.45, 7) is 0. The average Bonchev–Trinajstić information content (AvgIpc) is 4.09. The van der Waals surface area contributed by atoms with Crippen LogP contribution in [-0.4, -0.2) is 0 Å². The summed E-state index contributed by atoms with van der Waals surface area (Å²) in [6, 6.07) is -29.3. The van der Waals surface area contributed by atoms with Crippen molar-refractivity contribution in [2.24, 2.45) is 0 Å². The van der Waals surface area contributed by atoms with E-state index in [-0.39, 0.29) is 0 Å². The van der Waals surface area contributed by atoms with Gasteiger partial charge in [0.15, 0.2) is 0 Å². The van der Waals surface area contributed by atoms with Gasteiger partial charge in [-0.2, -0.15) is 0 Å². The van der Waals surface area contributed by atoms with Gasteiger partial charge in [0.25, 0.3) is 0 Å². The highest BCUT2D eigenvalue weighted by Crippen LogP contribution is 2.47. The highest BCUT2D eigenvalue weighted by Gasteiger charge is 2.20. The van der Waals surface area contributed by atoms with E-state index in [1.54, 1.807) is 0 Å². The van der Waals surface area contributed by atoms with Crippen LogP contribution in [0.5, 0.6) is 0 Å². The minimum atomic E-state index is -1.12. The summed E-state index contributed by atoms with van der Waals surface area (Å²) in [6.07, 6.45) is 0. The van der Waals surface area contributed by atoms with E-state index >= 15 is 0 Å². The van der Waals surface area contributed by atoms with Gasteiger partial charge in [-0.25, -0.2) is 0 Å². The Morgan fingerprint density at radius 1 is 0.327 bits per heavy atom. The largest absolute Gasteiger partial charge is 0.456 e. The van der Waals surface area contributed by atoms with Crippen LogP contribution >= 0.6 is 0 Å². The standard InChI is InChI=1S/C48H30O/c1-2-12-31(13-3-1)36-26-27-44-43(30-36)48-42(22-11-23-45(48)49-44)47-40-20-8-6-18-38(40)46(39-19-7-9-21-41(39)47)37-17-10-16-34(29-37)35-25-24-32-14-4-5-15-33(32)28-35/h1-30H/i1D,2D,3D,4D,5D,6D,7D,8D,9D,10D,11D,12D,13D,14D,15D,16D,17D,18D,19D,20D,21D,22D,23D,24D,25D,26D,27D,28D,29D,30D. The first-order valence-corrected chi connectivity index (χ1v) is 14.4. The summed E-state index contributed by atoms with van der Waals surface area (Å²) < 4.78 is 276. The van der Waals surface area contributed by atoms with Gasteiger partial charge in [-0.3, -0.25) is 0 Å². The molecule has 0 spiro atoms. The molecule has 0 bridgehead atoms. The van der Waals surface area contributed by atoms with Crippen LogP contribution in [0.3, 0.4) is 0 Å². The minimum Gasteiger partial charge on any atom is -0.456 e. The molecule has 0 amide bonds. The number of hydrogen-bond donors (Lipinski definition) is 0. The molecule has 0 fully saturated rings. The van der Waals surface area contributed by atoms with Crippen molar-refractivity contribution in [1.82, 2.24) is 0 Å². The summed E-state index contributed by atoms with van der Waals surface area (Å²) in [5.41, 5.74) is -7.98. The Morgan fingerprint density at radius 2 is 0.898 bits per heavy atom. The number of rotatable bonds is 4. The SMILES string of the molecule is [2H]c1c([2H])c([2H])c(-c2c([2H])c([2H])c3oc4c([2H])c([2H])c([2H])c(-c5c6c([2H])c([2H])c([2H])c([2H])c6c(-c6c([2H])c([2H])c([2H])c(-c7c([2H])c([2H])c8c([2H])c([2H])c([2H])c([2H])c8c7[2H])c6[2H])c6c([2H])c([2H])c([2H])c([2H])c56)c4c3c2[2H])c([2H])c1[2H]. The molecular weight excluding hydrogens is 593 g/mol. The van der Waals surface area contributed by atoms with E-state index < -0.39 is 280 Å². The first kappa shape index (κ1) is 11.1. The van der Waals surface area contributed by atoms with E-state index in [9.17, 15) is 12.3 Å². The molecule has 0 aliphatic carbocycles. The second-order valence-corrected chi connectivity index (χ2v) is 10.5. The van der Waals surface area contributed by atoms with Gasteiger partial charge < -0.3 is 4.42 Å². The van der Waals surface area contributed by atoms with Crippen LogP contribution in [0, 0.1) is 0 Å². The van der Waals surface area contributed by atoms with Crippen molar-refractivity contribution < 1.29 is 45.5 Å². The van der Waals surface area contributed by atoms with E-state index in [0.29, 0.717) is 0 Å². The normalized spacial score (nSPS) is 20.2. The Bertz CT molecular complexity index is 4490. The Balaban J connectivity index is 1.50. The van der Waals surface area contributed by atoms with E-state index in [2.05, 4.69) is 0 Å². The van der Waals surface area contributed by atoms with Crippen LogP contribution in [0.15, 0.2) is 186 Å². The summed E-state index contributed by atoms with van der Waals surface area (Å²) in [7, 11) is 0. The maximum Gasteiger partial charge on any atom is 0.136 e. The summed E-state index contributed by atoms with van der Waals surface area (Å²) in [5, 5.41) is -5.75. The van der Waals surface area contributed by atoms with Crippen molar-refractivity contribution in [2.45, 2.75) is 0 Å². The predicted octanol–water partition coefficient (Wildman–Crippen LogP) is 13.7. The molecule has 9 aromatic carbocycles. The topological polar surface area (TPSA) is 13.1 Å². The summed E-state index contributed by atoms with van der Waals surface area (Å²) in [5.74, 6) is 0. The zero-order valence-corrected chi connectivity index (χ0v) is 24.4. The van der Waals surface area contributed by atoms with Gasteiger partial charge in [0, 0.05) is 10.8 Å². The molecule has 0 aliphatic rings. The summed E-state index contributed by atoms with van der Waals surface area (Å²) >= 11 is 0. The van der Waals surface area contributed by atoms with Crippen LogP contribution < -0.4 is 0 Å². The molecule has 0 radical (unpaired) electrons. The molecule has 1 heteroatoms. The lowest BCUT2D eigenvalue weighted by Crippen LogP contribution is -1.91. The van der Waals surface area contributed by atoms with Crippen LogP contribution in [-0.2, 0) is 0 Å². The van der Waals surface area contributed by atoms with Crippen molar-refractivity contribution in [2.75, 3.05) is 0 Å². The Hall–Kier alpha value is -6.44. The molecule has 10 aromatic rings. The van der Waals surface area contributed by atoms with E-state index in [0.717, 1.165) is 0 Å². The molecule has 0 atom stereocenters. The van der Waals surface area contributed by atoms with Gasteiger partial charge in [0.2, 0.25) is 0 Å². The molecular formula is C48H30O. The maximum atomic E-state index is 9.85. The van der Waals surface area contributed by atoms with Crippen LogP contribution in [0.1, 0.15) is 41.1 Å². The number of fused-ring (bicyclic) bond motifs is 6. The Kier molecular flexibility index (Phi) is 2.50. The monoisotopic (exact) mass is 652 g/mol. The second kappa shape index (κ2) is 11.1. The van der Waals surface area contributed by atoms with Gasteiger partial charge in [-0.1, -0.05) is 151 Å². The Labute approximate surface area is 326 Å². The third-order valence-corrected chi connectivity index (χ3v) is 7.82. The lowest BCUT2D eigenvalue weighted by molar-refractivity contribution is 0.669. The smallest absolute Gasteiger partial charge is 0.136 e. The molecule has 0 saturated carbocycles. The van der Waals surface area contributed by atoms with Crippen molar-refractivity contribution in [3.8, 4) is 44.5 Å². The van der Waals surface area contributed by atoms with Gasteiger partial charge in [-0.05, 0) is 107 Å². The van der Waals surface area contributed by atoms with Gasteiger partial charge in [0.05, 0.1) is 41.1 Å². The second-order valence-electron chi connectivity index (χ2n) is 10.5. The molecule has 0 aliphatic heterocycles. The number of benzene rings is 9. The minimum absolute atomic E-state index is 0.588. The third kappa shape index (κ3) is 4.47.